The highest BCUT2D eigenvalue weighted by atomic mass is 19.4. The quantitative estimate of drug-likeness (QED) is 0.0466. The molecule has 0 atom stereocenters. The molecule has 0 spiro atoms. The zero-order valence-electron chi connectivity index (χ0n) is 45.0. The SMILES string of the molecule is CNc1cc(N)nc(N)n1.CNc1nc(N)nc2nc(-c3ccccc3)cc(-c3ccccc3)c12.CNc1nc(N)nc2nc(-c3ccccc3)cc(-c3ccccc3)c12.O=C(/C=C/c1ccccc1)c1ccccc1.O=C(O)C(F)(F)F. The van der Waals surface area contributed by atoms with Crippen LogP contribution in [0.25, 0.3) is 72.9 Å². The molecule has 83 heavy (non-hydrogen) atoms. The first-order valence-corrected chi connectivity index (χ1v) is 25.3. The summed E-state index contributed by atoms with van der Waals surface area (Å²) < 4.78 is 31.7. The maximum atomic E-state index is 11.7. The fourth-order valence-corrected chi connectivity index (χ4v) is 7.91. The van der Waals surface area contributed by atoms with E-state index in [-0.39, 0.29) is 23.6 Å². The summed E-state index contributed by atoms with van der Waals surface area (Å²) in [5, 5.41) is 17.9. The smallest absolute Gasteiger partial charge is 0.475 e. The number of nitrogens with two attached hydrogens (primary N) is 4. The number of aliphatic carboxylic acids is 1. The molecule has 0 saturated carbocycles. The first-order valence-electron chi connectivity index (χ1n) is 25.3. The van der Waals surface area contributed by atoms with Crippen molar-refractivity contribution in [2.24, 2.45) is 0 Å². The van der Waals surface area contributed by atoms with Gasteiger partial charge in [0.15, 0.2) is 17.1 Å². The van der Waals surface area contributed by atoms with E-state index in [4.69, 9.17) is 42.8 Å². The number of carboxylic acids is 1. The number of rotatable bonds is 10. The number of hydrogen-bond acceptors (Lipinski definition) is 17. The van der Waals surface area contributed by atoms with Crippen LogP contribution < -0.4 is 38.9 Å². The monoisotopic (exact) mass is 1120 g/mol. The van der Waals surface area contributed by atoms with Crippen molar-refractivity contribution in [2.45, 2.75) is 6.18 Å². The number of fused-ring (bicyclic) bond motifs is 2. The van der Waals surface area contributed by atoms with E-state index in [9.17, 15) is 18.0 Å². The second-order valence-corrected chi connectivity index (χ2v) is 17.4. The number of nitrogens with one attached hydrogen (secondary N) is 3. The number of nitrogens with zero attached hydrogens (tertiary/aromatic N) is 8. The van der Waals surface area contributed by atoms with Gasteiger partial charge in [0.2, 0.25) is 17.8 Å². The van der Waals surface area contributed by atoms with Crippen LogP contribution in [-0.4, -0.2) is 84.1 Å². The van der Waals surface area contributed by atoms with E-state index < -0.39 is 12.1 Å². The molecule has 0 radical (unpaired) electrons. The average Bonchev–Trinajstić information content (AvgIpc) is 3.08. The number of nitrogen functional groups attached to an aromatic ring is 4. The van der Waals surface area contributed by atoms with Crippen LogP contribution in [0.5, 0.6) is 0 Å². The number of carbonyl (C=O) groups is 2. The summed E-state index contributed by atoms with van der Waals surface area (Å²) in [4.78, 5) is 55.0. The fourth-order valence-electron chi connectivity index (χ4n) is 7.91. The van der Waals surface area contributed by atoms with Crippen molar-refractivity contribution in [3.05, 3.63) is 217 Å². The van der Waals surface area contributed by atoms with Crippen LogP contribution >= 0.6 is 0 Å². The van der Waals surface area contributed by atoms with Gasteiger partial charge in [0.05, 0.1) is 22.2 Å². The van der Waals surface area contributed by atoms with Crippen LogP contribution in [-0.2, 0) is 4.79 Å². The summed E-state index contributed by atoms with van der Waals surface area (Å²) >= 11 is 0. The third-order valence-corrected chi connectivity index (χ3v) is 11.7. The maximum Gasteiger partial charge on any atom is 0.490 e. The highest BCUT2D eigenvalue weighted by molar-refractivity contribution is 6.07. The predicted molar refractivity (Wildman–Crippen MR) is 325 cm³/mol. The van der Waals surface area contributed by atoms with E-state index in [2.05, 4.69) is 82.3 Å². The van der Waals surface area contributed by atoms with Gasteiger partial charge >= 0.3 is 12.1 Å². The Morgan fingerprint density at radius 3 is 1.18 bits per heavy atom. The summed E-state index contributed by atoms with van der Waals surface area (Å²) in [5.74, 6) is 0.215. The van der Waals surface area contributed by atoms with Gasteiger partial charge in [-0.25, -0.2) is 14.8 Å². The zero-order chi connectivity index (χ0) is 59.3. The Hall–Kier alpha value is -11.4. The third kappa shape index (κ3) is 16.6. The number of carboxylic acid groups (broad SMARTS) is 1. The molecule has 0 bridgehead atoms. The Labute approximate surface area is 475 Å². The highest BCUT2D eigenvalue weighted by Gasteiger charge is 2.38. The third-order valence-electron chi connectivity index (χ3n) is 11.7. The lowest BCUT2D eigenvalue weighted by atomic mass is 10.00. The first-order chi connectivity index (χ1) is 40.0. The minimum Gasteiger partial charge on any atom is -0.475 e. The van der Waals surface area contributed by atoms with Gasteiger partial charge in [-0.3, -0.25) is 4.79 Å². The molecule has 11 aromatic rings. The molecular formula is C62H56F3N15O3. The second kappa shape index (κ2) is 28.5. The van der Waals surface area contributed by atoms with Crippen molar-refractivity contribution >= 4 is 81.0 Å². The van der Waals surface area contributed by atoms with Gasteiger partial charge in [0.25, 0.3) is 0 Å². The molecule has 11 rings (SSSR count). The molecule has 21 heteroatoms. The topological polar surface area (TPSA) is 298 Å². The molecule has 0 aliphatic carbocycles. The number of carbonyl (C=O) groups excluding carboxylic acids is 1. The molecule has 18 nitrogen and oxygen atoms in total. The van der Waals surface area contributed by atoms with E-state index in [1.54, 1.807) is 19.2 Å². The van der Waals surface area contributed by atoms with Crippen LogP contribution in [0.3, 0.4) is 0 Å². The second-order valence-electron chi connectivity index (χ2n) is 17.4. The van der Waals surface area contributed by atoms with Gasteiger partial charge in [-0.15, -0.1) is 0 Å². The van der Waals surface area contributed by atoms with Crippen LogP contribution in [0.2, 0.25) is 0 Å². The number of halogens is 3. The van der Waals surface area contributed by atoms with E-state index in [1.807, 2.05) is 178 Å². The lowest BCUT2D eigenvalue weighted by Gasteiger charge is -2.13. The molecule has 0 amide bonds. The largest absolute Gasteiger partial charge is 0.490 e. The van der Waals surface area contributed by atoms with Crippen molar-refractivity contribution in [1.82, 2.24) is 39.9 Å². The number of anilines is 7. The van der Waals surface area contributed by atoms with Crippen molar-refractivity contribution < 1.29 is 27.9 Å². The lowest BCUT2D eigenvalue weighted by Crippen LogP contribution is -2.21. The summed E-state index contributed by atoms with van der Waals surface area (Å²) in [5.41, 5.74) is 33.3. The van der Waals surface area contributed by atoms with Gasteiger partial charge in [-0.2, -0.15) is 43.1 Å². The van der Waals surface area contributed by atoms with Gasteiger partial charge < -0.3 is 44.0 Å². The van der Waals surface area contributed by atoms with Gasteiger partial charge in [-0.1, -0.05) is 188 Å². The summed E-state index contributed by atoms with van der Waals surface area (Å²) in [6.45, 7) is 0. The van der Waals surface area contributed by atoms with Gasteiger partial charge in [-0.05, 0) is 46.0 Å². The van der Waals surface area contributed by atoms with E-state index in [0.29, 0.717) is 34.6 Å². The highest BCUT2D eigenvalue weighted by Crippen LogP contribution is 2.37. The number of aromatic nitrogens is 8. The number of pyridine rings is 2. The molecule has 6 aromatic carbocycles. The van der Waals surface area contributed by atoms with E-state index >= 15 is 0 Å². The minimum absolute atomic E-state index is 0.0319. The van der Waals surface area contributed by atoms with Crippen molar-refractivity contribution in [2.75, 3.05) is 60.0 Å². The molecule has 0 saturated heterocycles. The fraction of sp³-hybridized carbons (Fsp3) is 0.0645. The van der Waals surface area contributed by atoms with Crippen LogP contribution in [0.15, 0.2) is 206 Å². The maximum absolute atomic E-state index is 11.7. The number of allylic oxidation sites excluding steroid dienone is 1. The normalized spacial score (nSPS) is 10.6. The van der Waals surface area contributed by atoms with Crippen molar-refractivity contribution in [1.29, 1.82) is 0 Å². The standard InChI is InChI=1S/2C20H17N5.C15H12O.C5H9N5.C2HF3O2/c2*1-22-18-17-15(13-8-4-2-5-9-13)12-16(14-10-6-3-7-11-14)23-19(17)25-20(21)24-18;16-15(14-9-5-2-6-10-14)12-11-13-7-3-1-4-8-13;1-8-4-2-3(6)9-5(7)10-4;3-2(4,5)1(6)7/h2*2-12H,1H3,(H3,21,22,23,24,25);1-12H;2H,1H3,(H5,6,7,8,9,10);(H,6,7)/b;;12-11+;;. The molecule has 12 N–H and O–H groups in total. The molecular weight excluding hydrogens is 1060 g/mol. The molecule has 0 fully saturated rings. The lowest BCUT2D eigenvalue weighted by molar-refractivity contribution is -0.192. The molecule has 0 aliphatic heterocycles. The van der Waals surface area contributed by atoms with Crippen molar-refractivity contribution in [3.8, 4) is 44.8 Å². The molecule has 5 heterocycles. The van der Waals surface area contributed by atoms with E-state index in [1.165, 1.54) is 0 Å². The molecule has 0 unspecified atom stereocenters. The van der Waals surface area contributed by atoms with Gasteiger partial charge in [0.1, 0.15) is 23.3 Å². The Kier molecular flexibility index (Phi) is 20.4. The number of alkyl halides is 3. The zero-order valence-corrected chi connectivity index (χ0v) is 45.0. The number of ketones is 1. The summed E-state index contributed by atoms with van der Waals surface area (Å²) in [7, 11) is 5.38. The van der Waals surface area contributed by atoms with Crippen LogP contribution in [0.1, 0.15) is 15.9 Å². The molecule has 0 aliphatic rings. The van der Waals surface area contributed by atoms with E-state index in [0.717, 1.165) is 66.7 Å². The average molecular weight is 1120 g/mol. The van der Waals surface area contributed by atoms with Gasteiger partial charge in [0, 0.05) is 43.9 Å². The minimum atomic E-state index is -5.08. The van der Waals surface area contributed by atoms with Crippen molar-refractivity contribution in [3.63, 3.8) is 0 Å². The van der Waals surface area contributed by atoms with Crippen LogP contribution in [0, 0.1) is 0 Å². The Bertz CT molecular complexity index is 3760. The predicted octanol–water partition coefficient (Wildman–Crippen LogP) is 11.9. The Morgan fingerprint density at radius 2 is 0.819 bits per heavy atom. The van der Waals surface area contributed by atoms with Crippen LogP contribution in [0.4, 0.5) is 54.3 Å². The summed E-state index contributed by atoms with van der Waals surface area (Å²) in [6.07, 6.45) is -1.65. The summed E-state index contributed by atoms with van der Waals surface area (Å²) in [6, 6.07) is 65.2. The first kappa shape index (κ1) is 59.3. The molecule has 418 valence electrons. The molecule has 5 aromatic heterocycles. The number of benzene rings is 6. The number of hydrogen-bond donors (Lipinski definition) is 8. The Balaban J connectivity index is 0.000000160. The Morgan fingerprint density at radius 1 is 0.458 bits per heavy atom.